The van der Waals surface area contributed by atoms with E-state index in [1.54, 1.807) is 36.5 Å². The van der Waals surface area contributed by atoms with E-state index >= 15 is 0 Å². The fourth-order valence-corrected chi connectivity index (χ4v) is 3.51. The highest BCUT2D eigenvalue weighted by Crippen LogP contribution is 2.30. The summed E-state index contributed by atoms with van der Waals surface area (Å²) in [5.41, 5.74) is -0.179. The lowest BCUT2D eigenvalue weighted by Crippen LogP contribution is -2.33. The SMILES string of the molecule is O=C(CNS(=O)(=O)c1cccc(C(F)(F)F)c1)Nc1cccc2cccnc12. The normalized spacial score (nSPS) is 12.1. The lowest BCUT2D eigenvalue weighted by molar-refractivity contribution is -0.137. The van der Waals surface area contributed by atoms with E-state index < -0.39 is 39.1 Å². The third-order valence-corrected chi connectivity index (χ3v) is 5.20. The van der Waals surface area contributed by atoms with Gasteiger partial charge in [-0.15, -0.1) is 0 Å². The first kappa shape index (κ1) is 19.8. The summed E-state index contributed by atoms with van der Waals surface area (Å²) in [6.45, 7) is -0.651. The standard InChI is InChI=1S/C18H14F3N3O3S/c19-18(20,21)13-6-2-7-14(10-13)28(26,27)23-11-16(25)24-15-8-1-4-12-5-3-9-22-17(12)15/h1-10,23H,11H2,(H,24,25). The van der Waals surface area contributed by atoms with Crippen LogP contribution < -0.4 is 10.0 Å². The van der Waals surface area contributed by atoms with Crippen LogP contribution >= 0.6 is 0 Å². The molecule has 3 aromatic rings. The van der Waals surface area contributed by atoms with Crippen LogP contribution in [0.1, 0.15) is 5.56 Å². The van der Waals surface area contributed by atoms with Gasteiger partial charge in [-0.05, 0) is 30.3 Å². The summed E-state index contributed by atoms with van der Waals surface area (Å²) in [6, 6.07) is 11.9. The van der Waals surface area contributed by atoms with Crippen molar-refractivity contribution >= 4 is 32.5 Å². The van der Waals surface area contributed by atoms with Crippen molar-refractivity contribution in [1.29, 1.82) is 0 Å². The Morgan fingerprint density at radius 1 is 1.04 bits per heavy atom. The van der Waals surface area contributed by atoms with Crippen LogP contribution in [-0.2, 0) is 21.0 Å². The molecule has 0 spiro atoms. The molecule has 0 aliphatic rings. The van der Waals surface area contributed by atoms with Gasteiger partial charge in [0.05, 0.1) is 28.2 Å². The number of nitrogens with one attached hydrogen (secondary N) is 2. The summed E-state index contributed by atoms with van der Waals surface area (Å²) in [6.07, 6.45) is -3.13. The number of anilines is 1. The molecule has 0 saturated heterocycles. The molecule has 0 unspecified atom stereocenters. The summed E-state index contributed by atoms with van der Waals surface area (Å²) >= 11 is 0. The number of hydrogen-bond acceptors (Lipinski definition) is 4. The molecule has 0 aliphatic heterocycles. The molecule has 3 rings (SSSR count). The van der Waals surface area contributed by atoms with Gasteiger partial charge in [-0.3, -0.25) is 9.78 Å². The predicted molar refractivity (Wildman–Crippen MR) is 97.0 cm³/mol. The highest BCUT2D eigenvalue weighted by Gasteiger charge is 2.31. The molecule has 0 aliphatic carbocycles. The topological polar surface area (TPSA) is 88.2 Å². The Balaban J connectivity index is 1.72. The molecule has 0 saturated carbocycles. The third-order valence-electron chi connectivity index (χ3n) is 3.80. The fraction of sp³-hybridized carbons (Fsp3) is 0.111. The number of rotatable bonds is 5. The molecule has 0 bridgehead atoms. The zero-order valence-corrected chi connectivity index (χ0v) is 15.0. The number of hydrogen-bond donors (Lipinski definition) is 2. The van der Waals surface area contributed by atoms with Crippen molar-refractivity contribution in [2.75, 3.05) is 11.9 Å². The predicted octanol–water partition coefficient (Wildman–Crippen LogP) is 3.17. The Morgan fingerprint density at radius 3 is 2.50 bits per heavy atom. The van der Waals surface area contributed by atoms with Crippen molar-refractivity contribution in [3.63, 3.8) is 0 Å². The zero-order valence-electron chi connectivity index (χ0n) is 14.2. The summed E-state index contributed by atoms with van der Waals surface area (Å²) in [7, 11) is -4.30. The maximum atomic E-state index is 12.8. The summed E-state index contributed by atoms with van der Waals surface area (Å²) in [4.78, 5) is 15.7. The van der Waals surface area contributed by atoms with Crippen LogP contribution in [0.3, 0.4) is 0 Å². The van der Waals surface area contributed by atoms with E-state index in [4.69, 9.17) is 0 Å². The number of amides is 1. The Kier molecular flexibility index (Phi) is 5.34. The van der Waals surface area contributed by atoms with Gasteiger partial charge in [0.15, 0.2) is 0 Å². The molecule has 0 fully saturated rings. The average molecular weight is 409 g/mol. The van der Waals surface area contributed by atoms with Crippen LogP contribution in [0.2, 0.25) is 0 Å². The second-order valence-electron chi connectivity index (χ2n) is 5.78. The second-order valence-corrected chi connectivity index (χ2v) is 7.55. The lowest BCUT2D eigenvalue weighted by atomic mass is 10.2. The van der Waals surface area contributed by atoms with E-state index in [0.29, 0.717) is 17.3 Å². The van der Waals surface area contributed by atoms with Gasteiger partial charge >= 0.3 is 6.18 Å². The van der Waals surface area contributed by atoms with Crippen LogP contribution in [0.25, 0.3) is 10.9 Å². The van der Waals surface area contributed by atoms with Crippen molar-refractivity contribution in [1.82, 2.24) is 9.71 Å². The van der Waals surface area contributed by atoms with Crippen molar-refractivity contribution in [3.05, 3.63) is 66.4 Å². The molecule has 10 heteroatoms. The van der Waals surface area contributed by atoms with Gasteiger partial charge < -0.3 is 5.32 Å². The smallest absolute Gasteiger partial charge is 0.323 e. The lowest BCUT2D eigenvalue weighted by Gasteiger charge is -2.11. The number of fused-ring (bicyclic) bond motifs is 1. The van der Waals surface area contributed by atoms with E-state index in [-0.39, 0.29) is 0 Å². The Bertz CT molecular complexity index is 1130. The first-order valence-electron chi connectivity index (χ1n) is 7.97. The molecule has 1 amide bonds. The highest BCUT2D eigenvalue weighted by atomic mass is 32.2. The molecule has 6 nitrogen and oxygen atoms in total. The van der Waals surface area contributed by atoms with E-state index in [9.17, 15) is 26.4 Å². The molecule has 28 heavy (non-hydrogen) atoms. The third kappa shape index (κ3) is 4.46. The van der Waals surface area contributed by atoms with Crippen molar-refractivity contribution in [2.45, 2.75) is 11.1 Å². The molecule has 0 atom stereocenters. The quantitative estimate of drug-likeness (QED) is 0.678. The average Bonchev–Trinajstić information content (AvgIpc) is 2.66. The monoisotopic (exact) mass is 409 g/mol. The molecule has 2 N–H and O–H groups in total. The number of nitrogens with zero attached hydrogens (tertiary/aromatic N) is 1. The summed E-state index contributed by atoms with van der Waals surface area (Å²) < 4.78 is 64.7. The fourth-order valence-electron chi connectivity index (χ4n) is 2.48. The number of alkyl halides is 3. The van der Waals surface area contributed by atoms with Gasteiger partial charge in [0, 0.05) is 11.6 Å². The number of benzene rings is 2. The van der Waals surface area contributed by atoms with Gasteiger partial charge in [-0.2, -0.15) is 13.2 Å². The maximum Gasteiger partial charge on any atom is 0.416 e. The second kappa shape index (κ2) is 7.56. The number of carbonyl (C=O) groups excluding carboxylic acids is 1. The minimum absolute atomic E-state index is 0.390. The van der Waals surface area contributed by atoms with Crippen LogP contribution in [-0.4, -0.2) is 25.9 Å². The highest BCUT2D eigenvalue weighted by molar-refractivity contribution is 7.89. The van der Waals surface area contributed by atoms with Crippen LogP contribution in [0, 0.1) is 0 Å². The molecular weight excluding hydrogens is 395 g/mol. The first-order valence-corrected chi connectivity index (χ1v) is 9.46. The summed E-state index contributed by atoms with van der Waals surface area (Å²) in [5.74, 6) is -0.686. The van der Waals surface area contributed by atoms with Crippen molar-refractivity contribution in [3.8, 4) is 0 Å². The van der Waals surface area contributed by atoms with Crippen molar-refractivity contribution < 1.29 is 26.4 Å². The first-order chi connectivity index (χ1) is 13.2. The molecule has 0 radical (unpaired) electrons. The molecule has 1 heterocycles. The van der Waals surface area contributed by atoms with Gasteiger partial charge in [-0.1, -0.05) is 24.3 Å². The number of carbonyl (C=O) groups is 1. The largest absolute Gasteiger partial charge is 0.416 e. The maximum absolute atomic E-state index is 12.8. The minimum atomic E-state index is -4.68. The van der Waals surface area contributed by atoms with Crippen molar-refractivity contribution in [2.24, 2.45) is 0 Å². The van der Waals surface area contributed by atoms with Gasteiger partial charge in [0.1, 0.15) is 0 Å². The summed E-state index contributed by atoms with van der Waals surface area (Å²) in [5, 5.41) is 3.32. The van der Waals surface area contributed by atoms with E-state index in [1.807, 2.05) is 4.72 Å². The van der Waals surface area contributed by atoms with E-state index in [0.717, 1.165) is 23.6 Å². The van der Waals surface area contributed by atoms with Gasteiger partial charge in [0.2, 0.25) is 15.9 Å². The number of sulfonamides is 1. The molecular formula is C18H14F3N3O3S. The molecule has 1 aromatic heterocycles. The van der Waals surface area contributed by atoms with E-state index in [1.165, 1.54) is 0 Å². The van der Waals surface area contributed by atoms with Crippen LogP contribution in [0.15, 0.2) is 65.7 Å². The molecule has 146 valence electrons. The number of para-hydroxylation sites is 1. The van der Waals surface area contributed by atoms with Gasteiger partial charge in [-0.25, -0.2) is 13.1 Å². The number of halogens is 3. The van der Waals surface area contributed by atoms with E-state index in [2.05, 4.69) is 10.3 Å². The number of aromatic nitrogens is 1. The van der Waals surface area contributed by atoms with Gasteiger partial charge in [0.25, 0.3) is 0 Å². The Morgan fingerprint density at radius 2 is 1.75 bits per heavy atom. The Hall–Kier alpha value is -2.98. The number of pyridine rings is 1. The Labute approximate surface area is 158 Å². The minimum Gasteiger partial charge on any atom is -0.323 e. The van der Waals surface area contributed by atoms with Crippen LogP contribution in [0.4, 0.5) is 18.9 Å². The van der Waals surface area contributed by atoms with Crippen LogP contribution in [0.5, 0.6) is 0 Å². The zero-order chi connectivity index (χ0) is 20.4. The molecule has 2 aromatic carbocycles.